The maximum absolute atomic E-state index is 11.9. The maximum atomic E-state index is 11.9. The van der Waals surface area contributed by atoms with E-state index in [1.165, 1.54) is 0 Å². The van der Waals surface area contributed by atoms with Crippen molar-refractivity contribution in [3.05, 3.63) is 29.3 Å². The topological polar surface area (TPSA) is 67.4 Å². The van der Waals surface area contributed by atoms with Crippen LogP contribution in [0.3, 0.4) is 0 Å². The normalized spacial score (nSPS) is 10.2. The average Bonchev–Trinajstić information content (AvgIpc) is 2.46. The molecule has 0 aliphatic rings. The quantitative estimate of drug-likeness (QED) is 0.568. The molecular formula is C16H24N2O3. The fourth-order valence-electron chi connectivity index (χ4n) is 2.01. The molecule has 0 heterocycles. The van der Waals surface area contributed by atoms with Crippen molar-refractivity contribution < 1.29 is 14.3 Å². The van der Waals surface area contributed by atoms with E-state index in [0.717, 1.165) is 23.2 Å². The van der Waals surface area contributed by atoms with Gasteiger partial charge in [-0.1, -0.05) is 25.1 Å². The zero-order valence-corrected chi connectivity index (χ0v) is 13.0. The van der Waals surface area contributed by atoms with Gasteiger partial charge in [-0.15, -0.1) is 0 Å². The van der Waals surface area contributed by atoms with Crippen LogP contribution in [0.5, 0.6) is 0 Å². The molecule has 0 spiro atoms. The van der Waals surface area contributed by atoms with Gasteiger partial charge < -0.3 is 15.4 Å². The van der Waals surface area contributed by atoms with E-state index in [4.69, 9.17) is 4.74 Å². The minimum absolute atomic E-state index is 0.108. The molecule has 1 aromatic carbocycles. The molecule has 0 saturated heterocycles. The standard InChI is InChI=1S/C16H24N2O3/c1-4-13-8-6-7-12(3)16(13)18-14(19)11-17-10-9-15(20)21-5-2/h6-8,17H,4-5,9-11H2,1-3H3,(H,18,19). The predicted octanol–water partition coefficient (Wildman–Crippen LogP) is 2.04. The van der Waals surface area contributed by atoms with Gasteiger partial charge in [-0.2, -0.15) is 0 Å². The van der Waals surface area contributed by atoms with Crippen molar-refractivity contribution in [2.24, 2.45) is 0 Å². The Balaban J connectivity index is 2.39. The Hall–Kier alpha value is -1.88. The molecule has 1 amide bonds. The molecule has 0 aromatic heterocycles. The van der Waals surface area contributed by atoms with Gasteiger partial charge in [0.2, 0.25) is 5.91 Å². The first-order chi connectivity index (χ1) is 10.1. The van der Waals surface area contributed by atoms with Gasteiger partial charge >= 0.3 is 5.97 Å². The average molecular weight is 292 g/mol. The molecule has 1 rings (SSSR count). The third kappa shape index (κ3) is 5.95. The van der Waals surface area contributed by atoms with Gasteiger partial charge in [0, 0.05) is 12.2 Å². The first kappa shape index (κ1) is 17.2. The Bertz CT molecular complexity index is 486. The van der Waals surface area contributed by atoms with Gasteiger partial charge in [0.05, 0.1) is 19.6 Å². The van der Waals surface area contributed by atoms with Crippen LogP contribution in [-0.2, 0) is 20.7 Å². The van der Waals surface area contributed by atoms with Crippen molar-refractivity contribution in [2.45, 2.75) is 33.6 Å². The van der Waals surface area contributed by atoms with Crippen LogP contribution < -0.4 is 10.6 Å². The van der Waals surface area contributed by atoms with E-state index in [2.05, 4.69) is 17.6 Å². The number of hydrogen-bond donors (Lipinski definition) is 2. The lowest BCUT2D eigenvalue weighted by Crippen LogP contribution is -2.30. The number of benzene rings is 1. The van der Waals surface area contributed by atoms with E-state index < -0.39 is 0 Å². The van der Waals surface area contributed by atoms with Crippen LogP contribution in [0.25, 0.3) is 0 Å². The highest BCUT2D eigenvalue weighted by molar-refractivity contribution is 5.93. The number of nitrogens with one attached hydrogen (secondary N) is 2. The summed E-state index contributed by atoms with van der Waals surface area (Å²) in [5.74, 6) is -0.361. The lowest BCUT2D eigenvalue weighted by Gasteiger charge is -2.13. The summed E-state index contributed by atoms with van der Waals surface area (Å²) >= 11 is 0. The third-order valence-corrected chi connectivity index (χ3v) is 3.10. The number of para-hydroxylation sites is 1. The van der Waals surface area contributed by atoms with Crippen LogP contribution >= 0.6 is 0 Å². The minimum atomic E-state index is -0.252. The molecule has 116 valence electrons. The highest BCUT2D eigenvalue weighted by Gasteiger charge is 2.08. The van der Waals surface area contributed by atoms with Gasteiger partial charge in [-0.3, -0.25) is 9.59 Å². The molecule has 0 saturated carbocycles. The highest BCUT2D eigenvalue weighted by atomic mass is 16.5. The first-order valence-electron chi connectivity index (χ1n) is 7.33. The van der Waals surface area contributed by atoms with Crippen LogP contribution in [0.4, 0.5) is 5.69 Å². The summed E-state index contributed by atoms with van der Waals surface area (Å²) in [4.78, 5) is 23.1. The molecule has 0 aliphatic heterocycles. The largest absolute Gasteiger partial charge is 0.466 e. The second-order valence-corrected chi connectivity index (χ2v) is 4.74. The maximum Gasteiger partial charge on any atom is 0.307 e. The van der Waals surface area contributed by atoms with Crippen LogP contribution in [0, 0.1) is 6.92 Å². The van der Waals surface area contributed by atoms with E-state index in [9.17, 15) is 9.59 Å². The molecule has 5 nitrogen and oxygen atoms in total. The number of carbonyl (C=O) groups is 2. The van der Waals surface area contributed by atoms with E-state index >= 15 is 0 Å². The van der Waals surface area contributed by atoms with Gasteiger partial charge in [-0.05, 0) is 31.4 Å². The number of carbonyl (C=O) groups excluding carboxylic acids is 2. The number of ether oxygens (including phenoxy) is 1. The van der Waals surface area contributed by atoms with Crippen LogP contribution in [0.1, 0.15) is 31.4 Å². The Morgan fingerprint density at radius 2 is 2.00 bits per heavy atom. The van der Waals surface area contributed by atoms with Crippen LogP contribution in [-0.4, -0.2) is 31.6 Å². The molecule has 21 heavy (non-hydrogen) atoms. The lowest BCUT2D eigenvalue weighted by atomic mass is 10.1. The summed E-state index contributed by atoms with van der Waals surface area (Å²) in [6.07, 6.45) is 1.14. The fraction of sp³-hybridized carbons (Fsp3) is 0.500. The molecule has 0 atom stereocenters. The van der Waals surface area contributed by atoms with Crippen molar-refractivity contribution >= 4 is 17.6 Å². The third-order valence-electron chi connectivity index (χ3n) is 3.10. The summed E-state index contributed by atoms with van der Waals surface area (Å²) in [6, 6.07) is 5.97. The van der Waals surface area contributed by atoms with Crippen LogP contribution in [0.2, 0.25) is 0 Å². The van der Waals surface area contributed by atoms with Crippen molar-refractivity contribution in [1.29, 1.82) is 0 Å². The summed E-state index contributed by atoms with van der Waals surface area (Å²) in [5.41, 5.74) is 3.06. The molecular weight excluding hydrogens is 268 g/mol. The Morgan fingerprint density at radius 1 is 1.24 bits per heavy atom. The second kappa shape index (κ2) is 9.13. The number of hydrogen-bond acceptors (Lipinski definition) is 4. The number of rotatable bonds is 8. The molecule has 0 unspecified atom stereocenters. The molecule has 1 aromatic rings. The van der Waals surface area contributed by atoms with E-state index in [-0.39, 0.29) is 24.8 Å². The van der Waals surface area contributed by atoms with Crippen molar-refractivity contribution in [3.63, 3.8) is 0 Å². The molecule has 0 radical (unpaired) electrons. The summed E-state index contributed by atoms with van der Waals surface area (Å²) in [5, 5.41) is 5.86. The first-order valence-corrected chi connectivity index (χ1v) is 7.33. The highest BCUT2D eigenvalue weighted by Crippen LogP contribution is 2.20. The Morgan fingerprint density at radius 3 is 2.67 bits per heavy atom. The predicted molar refractivity (Wildman–Crippen MR) is 83.3 cm³/mol. The lowest BCUT2D eigenvalue weighted by molar-refractivity contribution is -0.143. The summed E-state index contributed by atoms with van der Waals surface area (Å²) < 4.78 is 4.81. The SMILES string of the molecule is CCOC(=O)CCNCC(=O)Nc1c(C)cccc1CC. The van der Waals surface area contributed by atoms with E-state index in [1.807, 2.05) is 25.1 Å². The molecule has 2 N–H and O–H groups in total. The summed E-state index contributed by atoms with van der Waals surface area (Å²) in [6.45, 7) is 6.79. The smallest absolute Gasteiger partial charge is 0.307 e. The van der Waals surface area contributed by atoms with Gasteiger partial charge in [-0.25, -0.2) is 0 Å². The second-order valence-electron chi connectivity index (χ2n) is 4.74. The van der Waals surface area contributed by atoms with Crippen molar-refractivity contribution in [1.82, 2.24) is 5.32 Å². The number of amides is 1. The van der Waals surface area contributed by atoms with Gasteiger partial charge in [0.15, 0.2) is 0 Å². The Kier molecular flexibility index (Phi) is 7.46. The number of aryl methyl sites for hydroxylation is 2. The summed E-state index contributed by atoms with van der Waals surface area (Å²) in [7, 11) is 0. The number of esters is 1. The molecule has 0 aliphatic carbocycles. The van der Waals surface area contributed by atoms with Crippen molar-refractivity contribution in [2.75, 3.05) is 25.0 Å². The van der Waals surface area contributed by atoms with E-state index in [0.29, 0.717) is 13.2 Å². The fourth-order valence-corrected chi connectivity index (χ4v) is 2.01. The monoisotopic (exact) mass is 292 g/mol. The van der Waals surface area contributed by atoms with E-state index in [1.54, 1.807) is 6.92 Å². The van der Waals surface area contributed by atoms with Crippen LogP contribution in [0.15, 0.2) is 18.2 Å². The molecule has 0 bridgehead atoms. The number of anilines is 1. The minimum Gasteiger partial charge on any atom is -0.466 e. The van der Waals surface area contributed by atoms with Crippen molar-refractivity contribution in [3.8, 4) is 0 Å². The molecule has 5 heteroatoms. The zero-order valence-electron chi connectivity index (χ0n) is 13.0. The van der Waals surface area contributed by atoms with Gasteiger partial charge in [0.25, 0.3) is 0 Å². The Labute approximate surface area is 126 Å². The molecule has 0 fully saturated rings. The zero-order chi connectivity index (χ0) is 15.7. The van der Waals surface area contributed by atoms with Gasteiger partial charge in [0.1, 0.15) is 0 Å².